The third-order valence-corrected chi connectivity index (χ3v) is 5.18. The molecule has 2 heterocycles. The number of amides is 1. The van der Waals surface area contributed by atoms with Crippen LogP contribution in [0.5, 0.6) is 0 Å². The van der Waals surface area contributed by atoms with Crippen LogP contribution in [-0.2, 0) is 0 Å². The van der Waals surface area contributed by atoms with Gasteiger partial charge in [0.25, 0.3) is 5.91 Å². The van der Waals surface area contributed by atoms with Crippen LogP contribution < -0.4 is 5.32 Å². The molecule has 108 valence electrons. The fourth-order valence-electron chi connectivity index (χ4n) is 2.23. The van der Waals surface area contributed by atoms with Crippen molar-refractivity contribution in [3.8, 4) is 0 Å². The van der Waals surface area contributed by atoms with Gasteiger partial charge in [-0.25, -0.2) is 0 Å². The lowest BCUT2D eigenvalue weighted by atomic mass is 10.1. The van der Waals surface area contributed by atoms with E-state index < -0.39 is 0 Å². The minimum atomic E-state index is -0.0471. The fourth-order valence-corrected chi connectivity index (χ4v) is 3.64. The van der Waals surface area contributed by atoms with E-state index in [1.807, 2.05) is 29.6 Å². The van der Waals surface area contributed by atoms with Crippen LogP contribution in [0.25, 0.3) is 10.9 Å². The quantitative estimate of drug-likeness (QED) is 0.635. The predicted molar refractivity (Wildman–Crippen MR) is 93.6 cm³/mol. The van der Waals surface area contributed by atoms with Crippen LogP contribution in [0.3, 0.4) is 0 Å². The summed E-state index contributed by atoms with van der Waals surface area (Å²) >= 11 is 3.85. The maximum absolute atomic E-state index is 12.4. The van der Waals surface area contributed by atoms with Crippen LogP contribution in [-0.4, -0.2) is 16.1 Å². The van der Waals surface area contributed by atoms with Crippen molar-refractivity contribution in [2.45, 2.75) is 19.4 Å². The number of carbonyl (C=O) groups excluding carboxylic acids is 1. The van der Waals surface area contributed by atoms with Crippen LogP contribution in [0.15, 0.2) is 35.7 Å². The third-order valence-electron chi connectivity index (χ3n) is 3.37. The molecule has 6 heteroatoms. The molecule has 0 aliphatic carbocycles. The highest BCUT2D eigenvalue weighted by molar-refractivity contribution is 14.1. The Kier molecular flexibility index (Phi) is 4.25. The summed E-state index contributed by atoms with van der Waals surface area (Å²) in [7, 11) is 0. The Hall–Kier alpha value is -1.41. The highest BCUT2D eigenvalue weighted by atomic mass is 127. The highest BCUT2D eigenvalue weighted by Crippen LogP contribution is 2.23. The normalized spacial score (nSPS) is 12.5. The van der Waals surface area contributed by atoms with Gasteiger partial charge in [0.15, 0.2) is 0 Å². The lowest BCUT2D eigenvalue weighted by Gasteiger charge is -2.15. The molecule has 2 N–H and O–H groups in total. The van der Waals surface area contributed by atoms with Crippen molar-refractivity contribution in [3.05, 3.63) is 49.9 Å². The molecule has 0 spiro atoms. The topological polar surface area (TPSA) is 57.8 Å². The van der Waals surface area contributed by atoms with Crippen molar-refractivity contribution in [3.63, 3.8) is 0 Å². The van der Waals surface area contributed by atoms with Crippen molar-refractivity contribution >= 4 is 50.7 Å². The first-order valence-corrected chi connectivity index (χ1v) is 8.62. The number of aromatic amines is 1. The van der Waals surface area contributed by atoms with Gasteiger partial charge in [0.05, 0.1) is 11.6 Å². The molecule has 3 rings (SSSR count). The summed E-state index contributed by atoms with van der Waals surface area (Å²) in [4.78, 5) is 13.6. The Morgan fingerprint density at radius 1 is 1.48 bits per heavy atom. The SMILES string of the molecule is CC[C@@H](NC(=O)c1ccc2n[nH]c(I)c2c1)c1cccs1. The van der Waals surface area contributed by atoms with E-state index in [0.29, 0.717) is 5.56 Å². The number of carbonyl (C=O) groups is 1. The van der Waals surface area contributed by atoms with Crippen LogP contribution in [0, 0.1) is 3.70 Å². The second-order valence-corrected chi connectivity index (χ2v) is 6.78. The summed E-state index contributed by atoms with van der Waals surface area (Å²) in [5.74, 6) is -0.0471. The maximum atomic E-state index is 12.4. The van der Waals surface area contributed by atoms with Crippen molar-refractivity contribution < 1.29 is 4.79 Å². The molecular weight excluding hydrogens is 397 g/mol. The minimum absolute atomic E-state index is 0.0471. The molecule has 1 amide bonds. The van der Waals surface area contributed by atoms with E-state index in [0.717, 1.165) is 21.0 Å². The number of halogens is 1. The number of hydrogen-bond acceptors (Lipinski definition) is 3. The number of thiophene rings is 1. The molecule has 0 bridgehead atoms. The van der Waals surface area contributed by atoms with Gasteiger partial charge in [-0.1, -0.05) is 13.0 Å². The van der Waals surface area contributed by atoms with Gasteiger partial charge in [-0.05, 0) is 58.7 Å². The maximum Gasteiger partial charge on any atom is 0.251 e. The summed E-state index contributed by atoms with van der Waals surface area (Å²) in [5.41, 5.74) is 1.54. The number of benzene rings is 1. The van der Waals surface area contributed by atoms with E-state index in [1.165, 1.54) is 4.88 Å². The van der Waals surface area contributed by atoms with Gasteiger partial charge in [-0.15, -0.1) is 11.3 Å². The number of nitrogens with one attached hydrogen (secondary N) is 2. The van der Waals surface area contributed by atoms with Crippen LogP contribution in [0.4, 0.5) is 0 Å². The fraction of sp³-hybridized carbons (Fsp3) is 0.200. The standard InChI is InChI=1S/C15H14IN3OS/c1-2-11(13-4-3-7-21-13)17-15(20)9-5-6-12-10(8-9)14(16)19-18-12/h3-8,11H,2H2,1H3,(H,17,20)(H,18,19)/t11-/m1/s1. The summed E-state index contributed by atoms with van der Waals surface area (Å²) in [6.45, 7) is 2.08. The Morgan fingerprint density at radius 2 is 2.33 bits per heavy atom. The van der Waals surface area contributed by atoms with Crippen molar-refractivity contribution in [1.82, 2.24) is 15.5 Å². The molecule has 1 aromatic carbocycles. The zero-order valence-electron chi connectivity index (χ0n) is 11.4. The van der Waals surface area contributed by atoms with E-state index in [-0.39, 0.29) is 11.9 Å². The third kappa shape index (κ3) is 2.96. The lowest BCUT2D eigenvalue weighted by Crippen LogP contribution is -2.27. The summed E-state index contributed by atoms with van der Waals surface area (Å²) in [5, 5.41) is 13.2. The second kappa shape index (κ2) is 6.15. The van der Waals surface area contributed by atoms with E-state index in [9.17, 15) is 4.79 Å². The van der Waals surface area contributed by atoms with Crippen molar-refractivity contribution in [1.29, 1.82) is 0 Å². The van der Waals surface area contributed by atoms with E-state index in [2.05, 4.69) is 51.1 Å². The first-order valence-electron chi connectivity index (χ1n) is 6.67. The van der Waals surface area contributed by atoms with Gasteiger partial charge < -0.3 is 5.32 Å². The first-order chi connectivity index (χ1) is 10.2. The zero-order valence-corrected chi connectivity index (χ0v) is 14.4. The largest absolute Gasteiger partial charge is 0.344 e. The molecule has 0 aliphatic heterocycles. The van der Waals surface area contributed by atoms with E-state index in [1.54, 1.807) is 11.3 Å². The molecule has 0 saturated heterocycles. The minimum Gasteiger partial charge on any atom is -0.344 e. The number of fused-ring (bicyclic) bond motifs is 1. The number of nitrogens with zero attached hydrogens (tertiary/aromatic N) is 1. The molecule has 0 radical (unpaired) electrons. The van der Waals surface area contributed by atoms with Crippen LogP contribution in [0.1, 0.15) is 34.6 Å². The predicted octanol–water partition coefficient (Wildman–Crippen LogP) is 4.11. The Balaban J connectivity index is 1.84. The molecule has 0 fully saturated rings. The number of hydrogen-bond donors (Lipinski definition) is 2. The molecule has 0 saturated carbocycles. The molecule has 21 heavy (non-hydrogen) atoms. The molecule has 2 aromatic heterocycles. The van der Waals surface area contributed by atoms with Gasteiger partial charge in [0, 0.05) is 15.8 Å². The molecular formula is C15H14IN3OS. The molecule has 0 unspecified atom stereocenters. The summed E-state index contributed by atoms with van der Waals surface area (Å²) in [6.07, 6.45) is 0.873. The Morgan fingerprint density at radius 3 is 3.05 bits per heavy atom. The van der Waals surface area contributed by atoms with Crippen LogP contribution in [0.2, 0.25) is 0 Å². The number of aromatic nitrogens is 2. The Bertz CT molecular complexity index is 766. The molecule has 3 aromatic rings. The van der Waals surface area contributed by atoms with Gasteiger partial charge in [0.2, 0.25) is 0 Å². The van der Waals surface area contributed by atoms with E-state index >= 15 is 0 Å². The van der Waals surface area contributed by atoms with Crippen LogP contribution >= 0.6 is 33.9 Å². The van der Waals surface area contributed by atoms with Gasteiger partial charge in [-0.2, -0.15) is 5.10 Å². The number of rotatable bonds is 4. The van der Waals surface area contributed by atoms with Gasteiger partial charge in [-0.3, -0.25) is 9.89 Å². The van der Waals surface area contributed by atoms with Gasteiger partial charge >= 0.3 is 0 Å². The molecule has 1 atom stereocenters. The number of H-pyrrole nitrogens is 1. The smallest absolute Gasteiger partial charge is 0.251 e. The van der Waals surface area contributed by atoms with Crippen molar-refractivity contribution in [2.24, 2.45) is 0 Å². The van der Waals surface area contributed by atoms with Gasteiger partial charge in [0.1, 0.15) is 3.70 Å². The lowest BCUT2D eigenvalue weighted by molar-refractivity contribution is 0.0936. The molecule has 4 nitrogen and oxygen atoms in total. The van der Waals surface area contributed by atoms with E-state index in [4.69, 9.17) is 0 Å². The summed E-state index contributed by atoms with van der Waals surface area (Å²) < 4.78 is 0.947. The monoisotopic (exact) mass is 411 g/mol. The van der Waals surface area contributed by atoms with Crippen molar-refractivity contribution in [2.75, 3.05) is 0 Å². The Labute approximate surface area is 140 Å². The summed E-state index contributed by atoms with van der Waals surface area (Å²) in [6, 6.07) is 9.70. The molecule has 0 aliphatic rings. The zero-order chi connectivity index (χ0) is 14.8. The average Bonchev–Trinajstić information content (AvgIpc) is 3.15. The second-order valence-electron chi connectivity index (χ2n) is 4.72. The average molecular weight is 411 g/mol. The highest BCUT2D eigenvalue weighted by Gasteiger charge is 2.16. The first kappa shape index (κ1) is 14.5.